The van der Waals surface area contributed by atoms with Gasteiger partial charge in [-0.3, -0.25) is 14.9 Å². The molecule has 0 bridgehead atoms. The summed E-state index contributed by atoms with van der Waals surface area (Å²) >= 11 is 0. The second-order valence-corrected chi connectivity index (χ2v) is 6.64. The van der Waals surface area contributed by atoms with Crippen LogP contribution in [0.4, 0.5) is 5.88 Å². The summed E-state index contributed by atoms with van der Waals surface area (Å²) in [5, 5.41) is 10.6. The van der Waals surface area contributed by atoms with Crippen molar-refractivity contribution in [1.82, 2.24) is 4.57 Å². The van der Waals surface area contributed by atoms with Crippen LogP contribution in [0.25, 0.3) is 0 Å². The van der Waals surface area contributed by atoms with Crippen LogP contribution in [-0.4, -0.2) is 27.8 Å². The minimum Gasteiger partial charge on any atom is -0.451 e. The van der Waals surface area contributed by atoms with Crippen molar-refractivity contribution >= 4 is 17.6 Å². The lowest BCUT2D eigenvalue weighted by Gasteiger charge is -2.19. The Morgan fingerprint density at radius 3 is 2.48 bits per heavy atom. The summed E-state index contributed by atoms with van der Waals surface area (Å²) in [6, 6.07) is 13.9. The van der Waals surface area contributed by atoms with Crippen LogP contribution >= 0.6 is 0 Å². The number of nitro groups is 1. The van der Waals surface area contributed by atoms with E-state index in [1.54, 1.807) is 6.07 Å². The van der Waals surface area contributed by atoms with Gasteiger partial charge in [0.2, 0.25) is 11.5 Å². The Hall–Kier alpha value is -3.68. The molecular weight excluding hydrogens is 376 g/mol. The number of nitrogens with zero attached hydrogens (tertiary/aromatic N) is 2. The first-order valence-electron chi connectivity index (χ1n) is 8.97. The largest absolute Gasteiger partial charge is 0.451 e. The van der Waals surface area contributed by atoms with Gasteiger partial charge in [-0.1, -0.05) is 30.3 Å². The fourth-order valence-corrected chi connectivity index (χ4v) is 3.35. The van der Waals surface area contributed by atoms with Crippen LogP contribution < -0.4 is 0 Å². The van der Waals surface area contributed by atoms with E-state index < -0.39 is 23.4 Å². The van der Waals surface area contributed by atoms with E-state index in [4.69, 9.17) is 9.15 Å². The van der Waals surface area contributed by atoms with Crippen molar-refractivity contribution in [2.75, 3.05) is 6.61 Å². The molecule has 1 atom stereocenters. The zero-order valence-corrected chi connectivity index (χ0v) is 16.2. The minimum absolute atomic E-state index is 0.0315. The van der Waals surface area contributed by atoms with Crippen molar-refractivity contribution in [1.29, 1.82) is 0 Å². The highest BCUT2D eigenvalue weighted by Gasteiger charge is 2.23. The predicted molar refractivity (Wildman–Crippen MR) is 104 cm³/mol. The topological polar surface area (TPSA) is 105 Å². The Bertz CT molecular complexity index is 1060. The van der Waals surface area contributed by atoms with E-state index in [0.29, 0.717) is 5.56 Å². The average Bonchev–Trinajstić information content (AvgIpc) is 3.31. The maximum Gasteiger partial charge on any atom is 0.433 e. The molecule has 0 unspecified atom stereocenters. The number of benzene rings is 1. The molecule has 8 nitrogen and oxygen atoms in total. The summed E-state index contributed by atoms with van der Waals surface area (Å²) in [7, 11) is 0. The molecule has 0 aliphatic rings. The fourth-order valence-electron chi connectivity index (χ4n) is 3.35. The van der Waals surface area contributed by atoms with E-state index in [0.717, 1.165) is 29.1 Å². The lowest BCUT2D eigenvalue weighted by Crippen LogP contribution is -2.15. The molecule has 0 saturated carbocycles. The molecule has 0 saturated heterocycles. The Kier molecular flexibility index (Phi) is 5.63. The van der Waals surface area contributed by atoms with Crippen LogP contribution in [-0.2, 0) is 4.74 Å². The van der Waals surface area contributed by atoms with Crippen molar-refractivity contribution in [3.05, 3.63) is 86.9 Å². The van der Waals surface area contributed by atoms with Crippen molar-refractivity contribution in [3.8, 4) is 0 Å². The van der Waals surface area contributed by atoms with Crippen LogP contribution in [0, 0.1) is 24.0 Å². The zero-order valence-electron chi connectivity index (χ0n) is 16.2. The van der Waals surface area contributed by atoms with Gasteiger partial charge in [0.05, 0.1) is 12.1 Å². The normalized spacial score (nSPS) is 11.8. The first-order chi connectivity index (χ1) is 13.8. The maximum absolute atomic E-state index is 12.6. The van der Waals surface area contributed by atoms with Crippen molar-refractivity contribution in [2.45, 2.75) is 26.8 Å². The lowest BCUT2D eigenvalue weighted by atomic mass is 10.1. The van der Waals surface area contributed by atoms with E-state index >= 15 is 0 Å². The molecule has 3 aromatic rings. The van der Waals surface area contributed by atoms with Crippen molar-refractivity contribution in [2.24, 2.45) is 0 Å². The van der Waals surface area contributed by atoms with Crippen LogP contribution in [0.5, 0.6) is 0 Å². The van der Waals surface area contributed by atoms with E-state index in [-0.39, 0.29) is 17.6 Å². The number of ether oxygens (including phenoxy) is 1. The van der Waals surface area contributed by atoms with Crippen molar-refractivity contribution in [3.63, 3.8) is 0 Å². The molecule has 2 aromatic heterocycles. The number of carbonyl (C=O) groups excluding carboxylic acids is 2. The predicted octanol–water partition coefficient (Wildman–Crippen LogP) is 4.26. The number of furan rings is 1. The Morgan fingerprint density at radius 1 is 1.17 bits per heavy atom. The third-order valence-corrected chi connectivity index (χ3v) is 4.76. The van der Waals surface area contributed by atoms with Gasteiger partial charge in [-0.05, 0) is 38.5 Å². The van der Waals surface area contributed by atoms with E-state index in [1.165, 1.54) is 0 Å². The van der Waals surface area contributed by atoms with Gasteiger partial charge in [0.15, 0.2) is 6.61 Å². The van der Waals surface area contributed by atoms with Crippen LogP contribution in [0.1, 0.15) is 50.8 Å². The quantitative estimate of drug-likeness (QED) is 0.256. The van der Waals surface area contributed by atoms with Gasteiger partial charge in [0.25, 0.3) is 0 Å². The minimum atomic E-state index is -0.932. The number of hydrogen-bond acceptors (Lipinski definition) is 6. The zero-order chi connectivity index (χ0) is 21.1. The number of esters is 1. The molecule has 0 amide bonds. The number of rotatable bonds is 7. The molecule has 1 aromatic carbocycles. The summed E-state index contributed by atoms with van der Waals surface area (Å²) in [5.41, 5.74) is 3.26. The Labute approximate surface area is 166 Å². The van der Waals surface area contributed by atoms with Gasteiger partial charge in [0.1, 0.15) is 4.92 Å². The highest BCUT2D eigenvalue weighted by Crippen LogP contribution is 2.26. The van der Waals surface area contributed by atoms with Crippen molar-refractivity contribution < 1.29 is 23.7 Å². The number of hydrogen-bond donors (Lipinski definition) is 0. The van der Waals surface area contributed by atoms with Crippen LogP contribution in [0.3, 0.4) is 0 Å². The smallest absolute Gasteiger partial charge is 0.433 e. The molecular formula is C21H20N2O6. The molecule has 0 fully saturated rings. The SMILES string of the molecule is Cc1cc(C(=O)COC(=O)c2ccc([N+](=O)[O-])o2)c(C)n1[C@H](C)c1ccccc1. The highest BCUT2D eigenvalue weighted by atomic mass is 16.7. The molecule has 150 valence electrons. The van der Waals surface area contributed by atoms with Gasteiger partial charge in [-0.2, -0.15) is 0 Å². The highest BCUT2D eigenvalue weighted by molar-refractivity contribution is 6.00. The molecule has 0 radical (unpaired) electrons. The summed E-state index contributed by atoms with van der Waals surface area (Å²) in [6.45, 7) is 5.32. The molecule has 0 aliphatic carbocycles. The monoisotopic (exact) mass is 396 g/mol. The number of carbonyl (C=O) groups is 2. The molecule has 3 rings (SSSR count). The first-order valence-corrected chi connectivity index (χ1v) is 8.97. The number of aromatic nitrogens is 1. The number of ketones is 1. The van der Waals surface area contributed by atoms with Gasteiger partial charge in [-0.25, -0.2) is 4.79 Å². The average molecular weight is 396 g/mol. The molecule has 0 N–H and O–H groups in total. The number of aryl methyl sites for hydroxylation is 1. The molecule has 0 spiro atoms. The van der Waals surface area contributed by atoms with E-state index in [9.17, 15) is 19.7 Å². The summed E-state index contributed by atoms with van der Waals surface area (Å²) in [5.74, 6) is -2.19. The second-order valence-electron chi connectivity index (χ2n) is 6.64. The number of Topliss-reactive ketones (excluding diaryl/α,β-unsaturated/α-hetero) is 1. The fraction of sp³-hybridized carbons (Fsp3) is 0.238. The Morgan fingerprint density at radius 2 is 1.86 bits per heavy atom. The van der Waals surface area contributed by atoms with Gasteiger partial charge in [0, 0.05) is 17.0 Å². The third-order valence-electron chi connectivity index (χ3n) is 4.76. The van der Waals surface area contributed by atoms with E-state index in [2.05, 4.69) is 4.57 Å². The van der Waals surface area contributed by atoms with Crippen LogP contribution in [0.2, 0.25) is 0 Å². The lowest BCUT2D eigenvalue weighted by molar-refractivity contribution is -0.402. The second kappa shape index (κ2) is 8.14. The standard InChI is InChI=1S/C21H20N2O6/c1-13-11-17(15(3)22(13)14(2)16-7-5-4-6-8-16)18(24)12-28-21(25)19-9-10-20(29-19)23(26)27/h4-11,14H,12H2,1-3H3/t14-/m1/s1. The summed E-state index contributed by atoms with van der Waals surface area (Å²) in [4.78, 5) is 34.4. The van der Waals surface area contributed by atoms with E-state index in [1.807, 2.05) is 51.1 Å². The Balaban J connectivity index is 1.73. The maximum atomic E-state index is 12.6. The molecule has 0 aliphatic heterocycles. The van der Waals surface area contributed by atoms with Gasteiger partial charge >= 0.3 is 11.9 Å². The summed E-state index contributed by atoms with van der Waals surface area (Å²) < 4.78 is 11.8. The molecule has 8 heteroatoms. The molecule has 29 heavy (non-hydrogen) atoms. The van der Waals surface area contributed by atoms with Gasteiger partial charge < -0.3 is 13.7 Å². The first kappa shape index (κ1) is 20.1. The third kappa shape index (κ3) is 4.11. The van der Waals surface area contributed by atoms with Gasteiger partial charge in [-0.15, -0.1) is 0 Å². The molecule has 2 heterocycles. The summed E-state index contributed by atoms with van der Waals surface area (Å²) in [6.07, 6.45) is 0. The van der Waals surface area contributed by atoms with Crippen LogP contribution in [0.15, 0.2) is 52.9 Å².